The average molecular weight is 485 g/mol. The smallest absolute Gasteiger partial charge is 0.295 e. The van der Waals surface area contributed by atoms with E-state index in [4.69, 9.17) is 9.47 Å². The summed E-state index contributed by atoms with van der Waals surface area (Å²) < 4.78 is 11.6. The molecule has 5 rings (SSSR count). The molecule has 1 fully saturated rings. The average Bonchev–Trinajstić information content (AvgIpc) is 3.39. The molecule has 2 aliphatic heterocycles. The van der Waals surface area contributed by atoms with Crippen molar-refractivity contribution in [3.05, 3.63) is 94.8 Å². The minimum absolute atomic E-state index is 0.0502. The molecule has 2 aliphatic rings. The molecule has 0 spiro atoms. The van der Waals surface area contributed by atoms with Gasteiger partial charge in [-0.25, -0.2) is 0 Å². The van der Waals surface area contributed by atoms with Gasteiger partial charge in [-0.2, -0.15) is 0 Å². The van der Waals surface area contributed by atoms with Gasteiger partial charge in [-0.15, -0.1) is 0 Å². The zero-order valence-electron chi connectivity index (χ0n) is 20.3. The van der Waals surface area contributed by atoms with Crippen molar-refractivity contribution in [1.29, 1.82) is 0 Å². The van der Waals surface area contributed by atoms with E-state index in [-0.39, 0.29) is 24.0 Å². The molecule has 3 heterocycles. The first-order valence-corrected chi connectivity index (χ1v) is 12.2. The van der Waals surface area contributed by atoms with Crippen molar-refractivity contribution >= 4 is 17.4 Å². The molecule has 7 nitrogen and oxygen atoms in total. The van der Waals surface area contributed by atoms with Crippen LogP contribution >= 0.6 is 0 Å². The predicted molar refractivity (Wildman–Crippen MR) is 135 cm³/mol. The van der Waals surface area contributed by atoms with Gasteiger partial charge in [0, 0.05) is 30.9 Å². The number of benzene rings is 2. The number of aliphatic hydroxyl groups excluding tert-OH is 1. The van der Waals surface area contributed by atoms with E-state index in [0.29, 0.717) is 29.9 Å². The van der Waals surface area contributed by atoms with Gasteiger partial charge in [0.15, 0.2) is 0 Å². The first-order valence-electron chi connectivity index (χ1n) is 12.2. The van der Waals surface area contributed by atoms with Crippen LogP contribution in [0.25, 0.3) is 5.76 Å². The third-order valence-corrected chi connectivity index (χ3v) is 6.46. The van der Waals surface area contributed by atoms with E-state index in [1.807, 2.05) is 44.2 Å². The standard InChI is InChI=1S/C29H28N2O5/c1-3-13-35-23-6-4-5-20(16-23)26-25(27(32)21-7-8-24-22(15-21)14-18(2)36-24)28(33)29(34)31(26)17-19-9-11-30-12-10-19/h4-12,15-16,18,26,32H,3,13-14,17H2,1-2H3/t18-,26-/m0/s1. The van der Waals surface area contributed by atoms with Crippen LogP contribution in [0.5, 0.6) is 11.5 Å². The van der Waals surface area contributed by atoms with E-state index in [1.54, 1.807) is 36.7 Å². The van der Waals surface area contributed by atoms with Crippen molar-refractivity contribution in [2.75, 3.05) is 6.61 Å². The highest BCUT2D eigenvalue weighted by Gasteiger charge is 2.46. The fourth-order valence-corrected chi connectivity index (χ4v) is 4.79. The number of aliphatic hydroxyl groups is 1. The second kappa shape index (κ2) is 9.85. The van der Waals surface area contributed by atoms with Crippen LogP contribution in [-0.2, 0) is 22.6 Å². The minimum atomic E-state index is -0.772. The molecule has 0 bridgehead atoms. The summed E-state index contributed by atoms with van der Waals surface area (Å²) in [6.07, 6.45) is 4.91. The maximum Gasteiger partial charge on any atom is 0.295 e. The molecule has 2 aromatic carbocycles. The Morgan fingerprint density at radius 3 is 2.72 bits per heavy atom. The Bertz CT molecular complexity index is 1330. The Hall–Kier alpha value is -4.13. The van der Waals surface area contributed by atoms with Crippen molar-refractivity contribution in [2.45, 2.75) is 45.4 Å². The van der Waals surface area contributed by atoms with Gasteiger partial charge in [0.05, 0.1) is 18.2 Å². The molecular weight excluding hydrogens is 456 g/mol. The van der Waals surface area contributed by atoms with E-state index < -0.39 is 17.7 Å². The molecule has 1 N–H and O–H groups in total. The molecule has 1 aromatic heterocycles. The molecule has 0 saturated carbocycles. The van der Waals surface area contributed by atoms with Gasteiger partial charge in [0.25, 0.3) is 11.7 Å². The third kappa shape index (κ3) is 4.44. The number of hydrogen-bond acceptors (Lipinski definition) is 6. The lowest BCUT2D eigenvalue weighted by molar-refractivity contribution is -0.140. The summed E-state index contributed by atoms with van der Waals surface area (Å²) in [6, 6.07) is 15.6. The number of pyridine rings is 1. The first-order chi connectivity index (χ1) is 17.5. The van der Waals surface area contributed by atoms with Crippen LogP contribution in [0.4, 0.5) is 0 Å². The van der Waals surface area contributed by atoms with Crippen LogP contribution in [0.2, 0.25) is 0 Å². The lowest BCUT2D eigenvalue weighted by atomic mass is 9.94. The van der Waals surface area contributed by atoms with Gasteiger partial charge in [-0.05, 0) is 72.5 Å². The number of carbonyl (C=O) groups excluding carboxylic acids is 2. The number of amides is 1. The van der Waals surface area contributed by atoms with Gasteiger partial charge in [-0.1, -0.05) is 19.1 Å². The molecule has 2 atom stereocenters. The summed E-state index contributed by atoms with van der Waals surface area (Å²) in [6.45, 7) is 4.76. The lowest BCUT2D eigenvalue weighted by Crippen LogP contribution is -2.29. The highest BCUT2D eigenvalue weighted by molar-refractivity contribution is 6.46. The van der Waals surface area contributed by atoms with Crippen molar-refractivity contribution in [3.63, 3.8) is 0 Å². The molecule has 0 radical (unpaired) electrons. The quantitative estimate of drug-likeness (QED) is 0.294. The Morgan fingerprint density at radius 2 is 1.94 bits per heavy atom. The molecule has 1 amide bonds. The summed E-state index contributed by atoms with van der Waals surface area (Å²) in [7, 11) is 0. The largest absolute Gasteiger partial charge is 0.507 e. The molecule has 184 valence electrons. The fourth-order valence-electron chi connectivity index (χ4n) is 4.79. The Labute approximate surface area is 210 Å². The van der Waals surface area contributed by atoms with Gasteiger partial charge in [-0.3, -0.25) is 14.6 Å². The second-order valence-corrected chi connectivity index (χ2v) is 9.16. The Morgan fingerprint density at radius 1 is 1.14 bits per heavy atom. The summed E-state index contributed by atoms with van der Waals surface area (Å²) in [4.78, 5) is 32.2. The minimum Gasteiger partial charge on any atom is -0.507 e. The number of ether oxygens (including phenoxy) is 2. The topological polar surface area (TPSA) is 89.0 Å². The van der Waals surface area contributed by atoms with Gasteiger partial charge in [0.2, 0.25) is 0 Å². The maximum absolute atomic E-state index is 13.4. The third-order valence-electron chi connectivity index (χ3n) is 6.46. The molecular formula is C29H28N2O5. The van der Waals surface area contributed by atoms with E-state index in [2.05, 4.69) is 4.98 Å². The van der Waals surface area contributed by atoms with Crippen LogP contribution in [0.15, 0.2) is 72.6 Å². The summed E-state index contributed by atoms with van der Waals surface area (Å²) >= 11 is 0. The number of likely N-dealkylation sites (tertiary alicyclic amines) is 1. The van der Waals surface area contributed by atoms with Gasteiger partial charge < -0.3 is 19.5 Å². The van der Waals surface area contributed by atoms with Gasteiger partial charge in [0.1, 0.15) is 23.4 Å². The molecule has 3 aromatic rings. The van der Waals surface area contributed by atoms with Crippen LogP contribution in [0.3, 0.4) is 0 Å². The van der Waals surface area contributed by atoms with E-state index >= 15 is 0 Å². The fraction of sp³-hybridized carbons (Fsp3) is 0.276. The van der Waals surface area contributed by atoms with Crippen LogP contribution in [-0.4, -0.2) is 39.4 Å². The van der Waals surface area contributed by atoms with Crippen LogP contribution < -0.4 is 9.47 Å². The SMILES string of the molecule is CCCOc1cccc([C@H]2C(=C(O)c3ccc4c(c3)C[C@H](C)O4)C(=O)C(=O)N2Cc2ccncc2)c1. The number of nitrogens with zero attached hydrogens (tertiary/aromatic N) is 2. The number of aromatic nitrogens is 1. The van der Waals surface area contributed by atoms with Crippen molar-refractivity contribution in [2.24, 2.45) is 0 Å². The zero-order valence-corrected chi connectivity index (χ0v) is 20.3. The molecule has 0 unspecified atom stereocenters. The molecule has 1 saturated heterocycles. The molecule has 7 heteroatoms. The highest BCUT2D eigenvalue weighted by atomic mass is 16.5. The number of ketones is 1. The van der Waals surface area contributed by atoms with Crippen molar-refractivity contribution in [3.8, 4) is 11.5 Å². The van der Waals surface area contributed by atoms with E-state index in [9.17, 15) is 14.7 Å². The highest BCUT2D eigenvalue weighted by Crippen LogP contribution is 2.42. The Balaban J connectivity index is 1.61. The van der Waals surface area contributed by atoms with Crippen LogP contribution in [0.1, 0.15) is 48.6 Å². The first kappa shape index (κ1) is 23.6. The lowest BCUT2D eigenvalue weighted by Gasteiger charge is -2.26. The monoisotopic (exact) mass is 484 g/mol. The van der Waals surface area contributed by atoms with E-state index in [1.165, 1.54) is 4.90 Å². The molecule has 36 heavy (non-hydrogen) atoms. The zero-order chi connectivity index (χ0) is 25.2. The molecule has 0 aliphatic carbocycles. The van der Waals surface area contributed by atoms with E-state index in [0.717, 1.165) is 23.3 Å². The number of carbonyl (C=O) groups is 2. The maximum atomic E-state index is 13.4. The number of rotatable bonds is 7. The van der Waals surface area contributed by atoms with Gasteiger partial charge >= 0.3 is 0 Å². The van der Waals surface area contributed by atoms with Crippen molar-refractivity contribution in [1.82, 2.24) is 9.88 Å². The second-order valence-electron chi connectivity index (χ2n) is 9.16. The number of hydrogen-bond donors (Lipinski definition) is 1. The van der Waals surface area contributed by atoms with Crippen LogP contribution in [0, 0.1) is 0 Å². The number of Topliss-reactive ketones (excluding diaryl/α,β-unsaturated/α-hetero) is 1. The van der Waals surface area contributed by atoms with Crippen molar-refractivity contribution < 1.29 is 24.2 Å². The summed E-state index contributed by atoms with van der Waals surface area (Å²) in [5.74, 6) is -0.146. The number of fused-ring (bicyclic) bond motifs is 1. The summed E-state index contributed by atoms with van der Waals surface area (Å²) in [5.41, 5.74) is 3.03. The summed E-state index contributed by atoms with van der Waals surface area (Å²) in [5, 5.41) is 11.4. The Kier molecular flexibility index (Phi) is 6.46. The predicted octanol–water partition coefficient (Wildman–Crippen LogP) is 4.82. The normalized spacial score (nSPS) is 20.3.